The standard InChI is InChI=1S/C13H19N5O2S/c1-3-8-14-11-4-6-12(7-5-11)21(19,20)16-9-13-15-10-18(2)17-13/h4-7,10,14,16H,3,8-9H2,1-2H3. The summed E-state index contributed by atoms with van der Waals surface area (Å²) in [5.74, 6) is 0.433. The van der Waals surface area contributed by atoms with Gasteiger partial charge in [-0.25, -0.2) is 18.1 Å². The third kappa shape index (κ3) is 4.27. The van der Waals surface area contributed by atoms with Gasteiger partial charge in [-0.15, -0.1) is 0 Å². The van der Waals surface area contributed by atoms with Crippen LogP contribution in [0.2, 0.25) is 0 Å². The van der Waals surface area contributed by atoms with Gasteiger partial charge in [0, 0.05) is 19.3 Å². The van der Waals surface area contributed by atoms with Crippen LogP contribution in [0.15, 0.2) is 35.5 Å². The summed E-state index contributed by atoms with van der Waals surface area (Å²) in [6.07, 6.45) is 2.54. The minimum atomic E-state index is -3.55. The molecule has 0 aliphatic rings. The molecule has 0 amide bonds. The first-order valence-corrected chi connectivity index (χ1v) is 8.17. The molecule has 114 valence electrons. The second-order valence-corrected chi connectivity index (χ2v) is 6.38. The van der Waals surface area contributed by atoms with E-state index in [1.54, 1.807) is 31.3 Å². The van der Waals surface area contributed by atoms with Gasteiger partial charge >= 0.3 is 0 Å². The summed E-state index contributed by atoms with van der Waals surface area (Å²) in [4.78, 5) is 4.20. The van der Waals surface area contributed by atoms with Crippen molar-refractivity contribution in [2.24, 2.45) is 7.05 Å². The molecule has 0 aliphatic heterocycles. The molecule has 1 heterocycles. The second-order valence-electron chi connectivity index (χ2n) is 4.61. The Labute approximate surface area is 124 Å². The van der Waals surface area contributed by atoms with Crippen molar-refractivity contribution in [3.63, 3.8) is 0 Å². The smallest absolute Gasteiger partial charge is 0.240 e. The number of hydrogen-bond acceptors (Lipinski definition) is 5. The molecule has 21 heavy (non-hydrogen) atoms. The fraction of sp³-hybridized carbons (Fsp3) is 0.385. The second kappa shape index (κ2) is 6.68. The van der Waals surface area contributed by atoms with Crippen molar-refractivity contribution in [2.45, 2.75) is 24.8 Å². The summed E-state index contributed by atoms with van der Waals surface area (Å²) >= 11 is 0. The van der Waals surface area contributed by atoms with Gasteiger partial charge in [0.1, 0.15) is 6.33 Å². The molecule has 8 heteroatoms. The van der Waals surface area contributed by atoms with E-state index in [9.17, 15) is 8.42 Å². The summed E-state index contributed by atoms with van der Waals surface area (Å²) in [6.45, 7) is 3.00. The zero-order valence-electron chi connectivity index (χ0n) is 12.1. The molecule has 0 saturated carbocycles. The van der Waals surface area contributed by atoms with Gasteiger partial charge in [0.25, 0.3) is 0 Å². The number of nitrogens with one attached hydrogen (secondary N) is 2. The third-order valence-corrected chi connectivity index (χ3v) is 4.23. The van der Waals surface area contributed by atoms with Gasteiger partial charge in [0.05, 0.1) is 11.4 Å². The quantitative estimate of drug-likeness (QED) is 0.800. The molecule has 0 bridgehead atoms. The van der Waals surface area contributed by atoms with E-state index in [1.807, 2.05) is 0 Å². The van der Waals surface area contributed by atoms with Crippen LogP contribution >= 0.6 is 0 Å². The van der Waals surface area contributed by atoms with E-state index in [-0.39, 0.29) is 11.4 Å². The van der Waals surface area contributed by atoms with Crippen LogP contribution in [-0.2, 0) is 23.6 Å². The summed E-state index contributed by atoms with van der Waals surface area (Å²) in [6, 6.07) is 6.66. The van der Waals surface area contributed by atoms with Crippen molar-refractivity contribution in [3.05, 3.63) is 36.4 Å². The number of anilines is 1. The monoisotopic (exact) mass is 309 g/mol. The molecule has 0 aliphatic carbocycles. The number of sulfonamides is 1. The van der Waals surface area contributed by atoms with Crippen LogP contribution in [0.5, 0.6) is 0 Å². The lowest BCUT2D eigenvalue weighted by Crippen LogP contribution is -2.24. The summed E-state index contributed by atoms with van der Waals surface area (Å²) < 4.78 is 28.3. The van der Waals surface area contributed by atoms with E-state index >= 15 is 0 Å². The molecule has 0 unspecified atom stereocenters. The minimum absolute atomic E-state index is 0.0685. The van der Waals surface area contributed by atoms with Gasteiger partial charge < -0.3 is 5.32 Å². The topological polar surface area (TPSA) is 88.9 Å². The number of nitrogens with zero attached hydrogens (tertiary/aromatic N) is 3. The van der Waals surface area contributed by atoms with Crippen LogP contribution in [-0.4, -0.2) is 29.7 Å². The van der Waals surface area contributed by atoms with Crippen LogP contribution in [0.1, 0.15) is 19.2 Å². The number of aryl methyl sites for hydroxylation is 1. The van der Waals surface area contributed by atoms with Crippen LogP contribution in [0.25, 0.3) is 0 Å². The Morgan fingerprint density at radius 2 is 1.95 bits per heavy atom. The molecule has 2 N–H and O–H groups in total. The molecule has 7 nitrogen and oxygen atoms in total. The Morgan fingerprint density at radius 1 is 1.24 bits per heavy atom. The van der Waals surface area contributed by atoms with E-state index < -0.39 is 10.0 Å². The lowest BCUT2D eigenvalue weighted by Gasteiger charge is -2.07. The number of benzene rings is 1. The van der Waals surface area contributed by atoms with Gasteiger partial charge in [-0.1, -0.05) is 6.92 Å². The van der Waals surface area contributed by atoms with Crippen molar-refractivity contribution in [3.8, 4) is 0 Å². The highest BCUT2D eigenvalue weighted by atomic mass is 32.2. The van der Waals surface area contributed by atoms with Crippen molar-refractivity contribution in [1.82, 2.24) is 19.5 Å². The molecule has 0 spiro atoms. The third-order valence-electron chi connectivity index (χ3n) is 2.81. The van der Waals surface area contributed by atoms with E-state index in [1.165, 1.54) is 11.0 Å². The van der Waals surface area contributed by atoms with Crippen LogP contribution < -0.4 is 10.0 Å². The van der Waals surface area contributed by atoms with Crippen molar-refractivity contribution >= 4 is 15.7 Å². The summed E-state index contributed by atoms with van der Waals surface area (Å²) in [7, 11) is -1.82. The Balaban J connectivity index is 2.01. The SMILES string of the molecule is CCCNc1ccc(S(=O)(=O)NCc2ncn(C)n2)cc1. The number of aromatic nitrogens is 3. The fourth-order valence-electron chi connectivity index (χ4n) is 1.73. The first-order chi connectivity index (χ1) is 10.0. The maximum absolute atomic E-state index is 12.1. The highest BCUT2D eigenvalue weighted by molar-refractivity contribution is 7.89. The predicted octanol–water partition coefficient (Wildman–Crippen LogP) is 1.12. The van der Waals surface area contributed by atoms with Crippen LogP contribution in [0, 0.1) is 0 Å². The van der Waals surface area contributed by atoms with Gasteiger partial charge in [-0.2, -0.15) is 5.10 Å². The molecule has 2 aromatic rings. The van der Waals surface area contributed by atoms with Gasteiger partial charge in [-0.3, -0.25) is 4.68 Å². The van der Waals surface area contributed by atoms with Crippen molar-refractivity contribution < 1.29 is 8.42 Å². The van der Waals surface area contributed by atoms with Crippen molar-refractivity contribution in [2.75, 3.05) is 11.9 Å². The zero-order valence-corrected chi connectivity index (χ0v) is 12.9. The van der Waals surface area contributed by atoms with Gasteiger partial charge in [-0.05, 0) is 30.7 Å². The zero-order chi connectivity index (χ0) is 15.3. The van der Waals surface area contributed by atoms with E-state index in [4.69, 9.17) is 0 Å². The molecular weight excluding hydrogens is 290 g/mol. The van der Waals surface area contributed by atoms with Crippen LogP contribution in [0.3, 0.4) is 0 Å². The van der Waals surface area contributed by atoms with Crippen molar-refractivity contribution in [1.29, 1.82) is 0 Å². The normalized spacial score (nSPS) is 11.5. The van der Waals surface area contributed by atoms with Gasteiger partial charge in [0.2, 0.25) is 10.0 Å². The molecule has 0 atom stereocenters. The summed E-state index contributed by atoms with van der Waals surface area (Å²) in [5, 5.41) is 7.22. The lowest BCUT2D eigenvalue weighted by atomic mass is 10.3. The Hall–Kier alpha value is -1.93. The molecule has 1 aromatic carbocycles. The molecular formula is C13H19N5O2S. The highest BCUT2D eigenvalue weighted by Gasteiger charge is 2.14. The summed E-state index contributed by atoms with van der Waals surface area (Å²) in [5.41, 5.74) is 0.905. The largest absolute Gasteiger partial charge is 0.385 e. The minimum Gasteiger partial charge on any atom is -0.385 e. The molecule has 1 aromatic heterocycles. The maximum atomic E-state index is 12.1. The van der Waals surface area contributed by atoms with E-state index in [2.05, 4.69) is 27.0 Å². The maximum Gasteiger partial charge on any atom is 0.240 e. The highest BCUT2D eigenvalue weighted by Crippen LogP contribution is 2.14. The Morgan fingerprint density at radius 3 is 2.52 bits per heavy atom. The Kier molecular flexibility index (Phi) is 4.92. The number of hydrogen-bond donors (Lipinski definition) is 2. The average molecular weight is 309 g/mol. The fourth-order valence-corrected chi connectivity index (χ4v) is 2.71. The predicted molar refractivity (Wildman–Crippen MR) is 80.3 cm³/mol. The molecule has 2 rings (SSSR count). The molecule has 0 saturated heterocycles. The lowest BCUT2D eigenvalue weighted by molar-refractivity contribution is 0.578. The van der Waals surface area contributed by atoms with E-state index in [0.717, 1.165) is 18.7 Å². The molecule has 0 radical (unpaired) electrons. The number of rotatable bonds is 7. The molecule has 0 fully saturated rings. The first kappa shape index (κ1) is 15.5. The van der Waals surface area contributed by atoms with Crippen LogP contribution in [0.4, 0.5) is 5.69 Å². The average Bonchev–Trinajstić information content (AvgIpc) is 2.89. The Bertz CT molecular complexity index is 679. The first-order valence-electron chi connectivity index (χ1n) is 6.69. The van der Waals surface area contributed by atoms with Gasteiger partial charge in [0.15, 0.2) is 5.82 Å². The van der Waals surface area contributed by atoms with E-state index in [0.29, 0.717) is 5.82 Å².